The van der Waals surface area contributed by atoms with E-state index in [1.807, 2.05) is 30.3 Å². The quantitative estimate of drug-likeness (QED) is 0.365. The Kier molecular flexibility index (Phi) is 5.90. The molecule has 0 spiro atoms. The third-order valence-electron chi connectivity index (χ3n) is 2.58. The zero-order chi connectivity index (χ0) is 14.9. The summed E-state index contributed by atoms with van der Waals surface area (Å²) in [5.74, 6) is 0.654. The van der Waals surface area contributed by atoms with Crippen molar-refractivity contribution in [2.75, 3.05) is 18.9 Å². The number of amides is 1. The molecule has 0 aliphatic heterocycles. The summed E-state index contributed by atoms with van der Waals surface area (Å²) in [5, 5.41) is 14.1. The van der Waals surface area contributed by atoms with Crippen LogP contribution in [0.15, 0.2) is 59.6 Å². The van der Waals surface area contributed by atoms with Crippen LogP contribution in [0.5, 0.6) is 5.88 Å². The summed E-state index contributed by atoms with van der Waals surface area (Å²) < 4.78 is 5.73. The fraction of sp³-hybridized carbons (Fsp3) is 0.200. The number of pyridine rings is 1. The van der Waals surface area contributed by atoms with Crippen LogP contribution < -0.4 is 14.8 Å². The number of hydrogen-bond donors (Lipinski definition) is 1. The number of carbonyl (C=O) groups excluding carboxylic acids is 1. The Morgan fingerprint density at radius 1 is 1.19 bits per heavy atom. The summed E-state index contributed by atoms with van der Waals surface area (Å²) in [4.78, 5) is 12.7. The van der Waals surface area contributed by atoms with Crippen molar-refractivity contribution in [1.29, 1.82) is 0 Å². The van der Waals surface area contributed by atoms with Gasteiger partial charge in [-0.2, -0.15) is 0 Å². The van der Waals surface area contributed by atoms with Crippen molar-refractivity contribution in [2.45, 2.75) is 4.90 Å². The number of thioether (sulfide) groups is 1. The maximum Gasteiger partial charge on any atom is 0.379 e. The molecule has 1 aromatic heterocycles. The van der Waals surface area contributed by atoms with E-state index >= 15 is 0 Å². The number of benzene rings is 1. The first-order chi connectivity index (χ1) is 10.3. The average Bonchev–Trinajstić information content (AvgIpc) is 2.52. The van der Waals surface area contributed by atoms with E-state index in [9.17, 15) is 10.0 Å². The first-order valence-corrected chi connectivity index (χ1v) is 7.50. The van der Waals surface area contributed by atoms with Crippen LogP contribution in [0, 0.1) is 5.21 Å². The molecule has 0 aliphatic rings. The highest BCUT2D eigenvalue weighted by Gasteiger charge is 2.07. The van der Waals surface area contributed by atoms with Crippen LogP contribution in [0.25, 0.3) is 0 Å². The second-order valence-corrected chi connectivity index (χ2v) is 5.33. The Morgan fingerprint density at radius 3 is 2.71 bits per heavy atom. The zero-order valence-corrected chi connectivity index (χ0v) is 12.2. The van der Waals surface area contributed by atoms with Crippen molar-refractivity contribution in [3.05, 3.63) is 59.9 Å². The van der Waals surface area contributed by atoms with E-state index in [-0.39, 0.29) is 18.4 Å². The maximum atomic E-state index is 11.6. The zero-order valence-electron chi connectivity index (χ0n) is 11.4. The highest BCUT2D eigenvalue weighted by Crippen LogP contribution is 2.15. The summed E-state index contributed by atoms with van der Waals surface area (Å²) in [5.41, 5.74) is 0. The van der Waals surface area contributed by atoms with E-state index in [2.05, 4.69) is 5.32 Å². The van der Waals surface area contributed by atoms with E-state index in [0.29, 0.717) is 11.3 Å². The lowest BCUT2D eigenvalue weighted by Crippen LogP contribution is -2.34. The van der Waals surface area contributed by atoms with Crippen molar-refractivity contribution in [1.82, 2.24) is 5.32 Å². The van der Waals surface area contributed by atoms with Crippen molar-refractivity contribution >= 4 is 17.7 Å². The molecule has 0 fully saturated rings. The minimum absolute atomic E-state index is 0.117. The second-order valence-electron chi connectivity index (χ2n) is 4.16. The van der Waals surface area contributed by atoms with E-state index in [1.54, 1.807) is 23.9 Å². The Balaban J connectivity index is 1.63. The number of ether oxygens (including phenoxy) is 1. The van der Waals surface area contributed by atoms with Crippen LogP contribution in [-0.2, 0) is 4.79 Å². The molecule has 0 radical (unpaired) electrons. The van der Waals surface area contributed by atoms with Gasteiger partial charge in [-0.25, -0.2) is 0 Å². The monoisotopic (exact) mass is 304 g/mol. The Morgan fingerprint density at radius 2 is 1.95 bits per heavy atom. The van der Waals surface area contributed by atoms with Crippen LogP contribution in [0.1, 0.15) is 0 Å². The molecule has 0 unspecified atom stereocenters. The molecule has 5 nitrogen and oxygen atoms in total. The average molecular weight is 304 g/mol. The maximum absolute atomic E-state index is 11.6. The topological polar surface area (TPSA) is 65.3 Å². The number of aromatic nitrogens is 1. The van der Waals surface area contributed by atoms with Gasteiger partial charge in [-0.15, -0.1) is 16.5 Å². The Hall–Kier alpha value is -2.21. The Bertz CT molecular complexity index is 578. The van der Waals surface area contributed by atoms with Crippen LogP contribution >= 0.6 is 11.8 Å². The summed E-state index contributed by atoms with van der Waals surface area (Å²) in [6.45, 7) is 0.385. The fourth-order valence-electron chi connectivity index (χ4n) is 1.59. The first-order valence-electron chi connectivity index (χ1n) is 6.51. The molecular weight excluding hydrogens is 288 g/mol. The predicted octanol–water partition coefficient (Wildman–Crippen LogP) is 1.61. The van der Waals surface area contributed by atoms with E-state index in [1.165, 1.54) is 17.2 Å². The molecule has 1 N–H and O–H groups in total. The van der Waals surface area contributed by atoms with Gasteiger partial charge >= 0.3 is 5.88 Å². The summed E-state index contributed by atoms with van der Waals surface area (Å²) in [6, 6.07) is 14.8. The number of nitrogens with zero attached hydrogens (tertiary/aromatic N) is 1. The van der Waals surface area contributed by atoms with E-state index < -0.39 is 0 Å². The number of hydrogen-bond acceptors (Lipinski definition) is 4. The van der Waals surface area contributed by atoms with Gasteiger partial charge in [0.05, 0.1) is 6.07 Å². The van der Waals surface area contributed by atoms with E-state index in [4.69, 9.17) is 4.74 Å². The number of nitrogens with one attached hydrogen (secondary N) is 1. The van der Waals surface area contributed by atoms with Crippen molar-refractivity contribution in [3.63, 3.8) is 0 Å². The molecule has 0 saturated carbocycles. The summed E-state index contributed by atoms with van der Waals surface area (Å²) in [6.07, 6.45) is 1.32. The minimum atomic E-state index is -0.243. The van der Waals surface area contributed by atoms with Gasteiger partial charge in [0.2, 0.25) is 0 Å². The summed E-state index contributed by atoms with van der Waals surface area (Å²) >= 11 is 1.67. The molecule has 6 heteroatoms. The van der Waals surface area contributed by atoms with Crippen molar-refractivity contribution < 1.29 is 14.3 Å². The minimum Gasteiger partial charge on any atom is -0.616 e. The third kappa shape index (κ3) is 5.35. The molecule has 0 saturated heterocycles. The molecule has 1 amide bonds. The van der Waals surface area contributed by atoms with Crippen molar-refractivity contribution in [3.8, 4) is 5.88 Å². The summed E-state index contributed by atoms with van der Waals surface area (Å²) in [7, 11) is 0. The Labute approximate surface area is 127 Å². The van der Waals surface area contributed by atoms with Gasteiger partial charge in [0.1, 0.15) is 0 Å². The van der Waals surface area contributed by atoms with Gasteiger partial charge in [0.25, 0.3) is 5.91 Å². The molecule has 1 aromatic carbocycles. The molecule has 0 atom stereocenters. The lowest BCUT2D eigenvalue weighted by atomic mass is 10.4. The molecule has 21 heavy (non-hydrogen) atoms. The first kappa shape index (κ1) is 15.2. The third-order valence-corrected chi connectivity index (χ3v) is 3.59. The fourth-order valence-corrected chi connectivity index (χ4v) is 2.38. The largest absolute Gasteiger partial charge is 0.616 e. The standard InChI is InChI=1S/C15H16N2O3S/c18-14(12-20-15-8-4-5-10-17(15)19)16-9-11-21-13-6-2-1-3-7-13/h1-8,10H,9,11-12H2,(H,16,18). The lowest BCUT2D eigenvalue weighted by molar-refractivity contribution is -0.612. The van der Waals surface area contributed by atoms with Crippen molar-refractivity contribution in [2.24, 2.45) is 0 Å². The molecule has 1 heterocycles. The lowest BCUT2D eigenvalue weighted by Gasteiger charge is -2.07. The van der Waals surface area contributed by atoms with Gasteiger partial charge in [-0.1, -0.05) is 18.2 Å². The second kappa shape index (κ2) is 8.16. The van der Waals surface area contributed by atoms with Crippen LogP contribution in [-0.4, -0.2) is 24.8 Å². The molecule has 2 aromatic rings. The number of rotatable bonds is 7. The highest BCUT2D eigenvalue weighted by molar-refractivity contribution is 7.99. The van der Waals surface area contributed by atoms with Crippen LogP contribution in [0.3, 0.4) is 0 Å². The number of carbonyl (C=O) groups is 1. The smallest absolute Gasteiger partial charge is 0.379 e. The van der Waals surface area contributed by atoms with Gasteiger partial charge in [-0.05, 0) is 18.2 Å². The van der Waals surface area contributed by atoms with Gasteiger partial charge < -0.3 is 15.3 Å². The van der Waals surface area contributed by atoms with Crippen LogP contribution in [0.4, 0.5) is 0 Å². The molecular formula is C15H16N2O3S. The van der Waals surface area contributed by atoms with Gasteiger partial charge in [0.15, 0.2) is 12.8 Å². The molecule has 0 bridgehead atoms. The highest BCUT2D eigenvalue weighted by atomic mass is 32.2. The molecule has 110 valence electrons. The predicted molar refractivity (Wildman–Crippen MR) is 81.1 cm³/mol. The van der Waals surface area contributed by atoms with E-state index in [0.717, 1.165) is 5.75 Å². The normalized spacial score (nSPS) is 10.1. The SMILES string of the molecule is O=C(COc1cccc[n+]1[O-])NCCSc1ccccc1. The van der Waals surface area contributed by atoms with Gasteiger partial charge in [-0.3, -0.25) is 4.79 Å². The molecule has 0 aliphatic carbocycles. The van der Waals surface area contributed by atoms with Crippen LogP contribution in [0.2, 0.25) is 0 Å². The van der Waals surface area contributed by atoms with Gasteiger partial charge in [0, 0.05) is 23.3 Å². The molecule has 2 rings (SSSR count).